The summed E-state index contributed by atoms with van der Waals surface area (Å²) in [6.07, 6.45) is 3.88. The first-order valence-electron chi connectivity index (χ1n) is 8.22. The summed E-state index contributed by atoms with van der Waals surface area (Å²) in [6.45, 7) is 4.59. The van der Waals surface area contributed by atoms with Crippen LogP contribution in [-0.2, 0) is 20.0 Å². The van der Waals surface area contributed by atoms with E-state index in [4.69, 9.17) is 0 Å². The van der Waals surface area contributed by atoms with Crippen LogP contribution in [0, 0.1) is 6.92 Å². The van der Waals surface area contributed by atoms with E-state index in [2.05, 4.69) is 17.0 Å². The number of nitrogens with zero attached hydrogens (tertiary/aromatic N) is 5. The number of fused-ring (bicyclic) bond motifs is 1. The van der Waals surface area contributed by atoms with Gasteiger partial charge in [0.15, 0.2) is 0 Å². The molecule has 0 spiro atoms. The second-order valence-corrected chi connectivity index (χ2v) is 6.13. The number of pyridine rings is 1. The highest BCUT2D eigenvalue weighted by molar-refractivity contribution is 5.92. The van der Waals surface area contributed by atoms with Crippen LogP contribution >= 0.6 is 0 Å². The van der Waals surface area contributed by atoms with E-state index < -0.39 is 0 Å². The van der Waals surface area contributed by atoms with Gasteiger partial charge in [-0.25, -0.2) is 4.98 Å². The first-order valence-corrected chi connectivity index (χ1v) is 8.22. The van der Waals surface area contributed by atoms with Crippen molar-refractivity contribution in [3.63, 3.8) is 0 Å². The van der Waals surface area contributed by atoms with Gasteiger partial charge in [-0.15, -0.1) is 0 Å². The lowest BCUT2D eigenvalue weighted by Gasteiger charge is -2.17. The van der Waals surface area contributed by atoms with Gasteiger partial charge in [-0.2, -0.15) is 5.10 Å². The maximum absolute atomic E-state index is 12.8. The molecule has 6 heteroatoms. The average Bonchev–Trinajstić information content (AvgIpc) is 3.07. The largest absolute Gasteiger partial charge is 0.334 e. The van der Waals surface area contributed by atoms with Crippen LogP contribution in [-0.4, -0.2) is 37.0 Å². The topological polar surface area (TPSA) is 55.4 Å². The van der Waals surface area contributed by atoms with Crippen LogP contribution in [0.3, 0.4) is 0 Å². The Morgan fingerprint density at radius 3 is 2.88 bits per heavy atom. The van der Waals surface area contributed by atoms with E-state index in [1.54, 1.807) is 9.58 Å². The molecule has 0 aliphatic carbocycles. The van der Waals surface area contributed by atoms with Crippen LogP contribution in [0.15, 0.2) is 30.5 Å². The molecule has 0 aliphatic rings. The normalized spacial score (nSPS) is 11.2. The molecule has 3 heterocycles. The highest BCUT2D eigenvalue weighted by Gasteiger charge is 2.19. The van der Waals surface area contributed by atoms with Crippen molar-refractivity contribution in [2.45, 2.75) is 33.2 Å². The van der Waals surface area contributed by atoms with Crippen molar-refractivity contribution in [2.75, 3.05) is 7.05 Å². The Balaban J connectivity index is 1.85. The summed E-state index contributed by atoms with van der Waals surface area (Å²) in [7, 11) is 3.64. The third kappa shape index (κ3) is 2.91. The molecule has 0 bridgehead atoms. The number of aryl methyl sites for hydroxylation is 3. The van der Waals surface area contributed by atoms with Crippen LogP contribution in [0.25, 0.3) is 5.65 Å². The average molecular weight is 325 g/mol. The second kappa shape index (κ2) is 6.47. The number of carbonyl (C=O) groups is 1. The molecule has 0 N–H and O–H groups in total. The number of carbonyl (C=O) groups excluding carboxylic acids is 1. The van der Waals surface area contributed by atoms with Crippen LogP contribution in [0.5, 0.6) is 0 Å². The Hall–Kier alpha value is -2.63. The van der Waals surface area contributed by atoms with Crippen molar-refractivity contribution in [3.05, 3.63) is 53.2 Å². The van der Waals surface area contributed by atoms with Crippen LogP contribution < -0.4 is 0 Å². The van der Waals surface area contributed by atoms with E-state index in [1.165, 1.54) is 0 Å². The molecule has 0 radical (unpaired) electrons. The Kier molecular flexibility index (Phi) is 4.38. The third-order valence-corrected chi connectivity index (χ3v) is 4.22. The molecule has 0 aliphatic heterocycles. The van der Waals surface area contributed by atoms with Crippen molar-refractivity contribution in [3.8, 4) is 0 Å². The van der Waals surface area contributed by atoms with Crippen LogP contribution in [0.4, 0.5) is 0 Å². The van der Waals surface area contributed by atoms with E-state index in [9.17, 15) is 4.79 Å². The summed E-state index contributed by atoms with van der Waals surface area (Å²) < 4.78 is 3.70. The molecule has 0 atom stereocenters. The van der Waals surface area contributed by atoms with Crippen LogP contribution in [0.2, 0.25) is 0 Å². The zero-order valence-corrected chi connectivity index (χ0v) is 14.7. The van der Waals surface area contributed by atoms with Gasteiger partial charge in [-0.1, -0.05) is 19.4 Å². The molecule has 0 saturated heterocycles. The van der Waals surface area contributed by atoms with Gasteiger partial charge in [0.25, 0.3) is 5.91 Å². The van der Waals surface area contributed by atoms with Gasteiger partial charge in [0.1, 0.15) is 11.3 Å². The predicted octanol–water partition coefficient (Wildman–Crippen LogP) is 2.60. The fourth-order valence-corrected chi connectivity index (χ4v) is 2.95. The lowest BCUT2D eigenvalue weighted by atomic mass is 10.2. The molecule has 0 unspecified atom stereocenters. The summed E-state index contributed by atoms with van der Waals surface area (Å²) in [5, 5.41) is 4.42. The Labute approximate surface area is 141 Å². The zero-order chi connectivity index (χ0) is 17.3. The lowest BCUT2D eigenvalue weighted by molar-refractivity contribution is 0.0772. The lowest BCUT2D eigenvalue weighted by Crippen LogP contribution is -2.28. The number of rotatable bonds is 5. The summed E-state index contributed by atoms with van der Waals surface area (Å²) >= 11 is 0. The van der Waals surface area contributed by atoms with E-state index in [1.807, 2.05) is 55.9 Å². The van der Waals surface area contributed by atoms with Gasteiger partial charge in [0, 0.05) is 20.3 Å². The van der Waals surface area contributed by atoms with E-state index in [0.29, 0.717) is 12.2 Å². The fraction of sp³-hybridized carbons (Fsp3) is 0.389. The van der Waals surface area contributed by atoms with Gasteiger partial charge in [0.05, 0.1) is 23.6 Å². The quantitative estimate of drug-likeness (QED) is 0.724. The van der Waals surface area contributed by atoms with Crippen molar-refractivity contribution in [1.29, 1.82) is 0 Å². The van der Waals surface area contributed by atoms with Gasteiger partial charge in [-0.3, -0.25) is 9.48 Å². The van der Waals surface area contributed by atoms with Gasteiger partial charge in [0.2, 0.25) is 0 Å². The predicted molar refractivity (Wildman–Crippen MR) is 92.9 cm³/mol. The first-order chi connectivity index (χ1) is 11.5. The zero-order valence-electron chi connectivity index (χ0n) is 14.7. The second-order valence-electron chi connectivity index (χ2n) is 6.13. The molecule has 1 amide bonds. The minimum absolute atomic E-state index is 0.0300. The number of aromatic nitrogens is 4. The van der Waals surface area contributed by atoms with Crippen molar-refractivity contribution in [2.24, 2.45) is 7.05 Å². The van der Waals surface area contributed by atoms with E-state index in [0.717, 1.165) is 35.6 Å². The molecule has 24 heavy (non-hydrogen) atoms. The Bertz CT molecular complexity index is 877. The van der Waals surface area contributed by atoms with Gasteiger partial charge >= 0.3 is 0 Å². The number of imidazole rings is 1. The summed E-state index contributed by atoms with van der Waals surface area (Å²) in [5.41, 5.74) is 4.45. The first kappa shape index (κ1) is 16.2. The van der Waals surface area contributed by atoms with Gasteiger partial charge < -0.3 is 9.30 Å². The molecule has 3 aromatic heterocycles. The van der Waals surface area contributed by atoms with Crippen molar-refractivity contribution < 1.29 is 4.79 Å². The maximum Gasteiger partial charge on any atom is 0.272 e. The summed E-state index contributed by atoms with van der Waals surface area (Å²) in [6, 6.07) is 7.79. The Morgan fingerprint density at radius 1 is 1.33 bits per heavy atom. The number of hydrogen-bond donors (Lipinski definition) is 0. The fourth-order valence-electron chi connectivity index (χ4n) is 2.95. The Morgan fingerprint density at radius 2 is 2.12 bits per heavy atom. The molecule has 126 valence electrons. The highest BCUT2D eigenvalue weighted by atomic mass is 16.2. The minimum atomic E-state index is -0.0300. The third-order valence-electron chi connectivity index (χ3n) is 4.22. The molecule has 0 saturated carbocycles. The van der Waals surface area contributed by atoms with Crippen LogP contribution in [0.1, 0.15) is 40.9 Å². The molecule has 0 fully saturated rings. The van der Waals surface area contributed by atoms with E-state index >= 15 is 0 Å². The molecule has 3 aromatic rings. The number of hydrogen-bond acceptors (Lipinski definition) is 3. The minimum Gasteiger partial charge on any atom is -0.334 e. The molecular formula is C18H23N5O. The number of amides is 1. The highest BCUT2D eigenvalue weighted by Crippen LogP contribution is 2.15. The summed E-state index contributed by atoms with van der Waals surface area (Å²) in [5.74, 6) is -0.0300. The molecule has 3 rings (SSSR count). The summed E-state index contributed by atoms with van der Waals surface area (Å²) in [4.78, 5) is 19.1. The molecule has 0 aromatic carbocycles. The molecule has 6 nitrogen and oxygen atoms in total. The standard InChI is InChI=1S/C18H23N5O/c1-5-8-14-11-15(22(4)20-14)18(24)21(3)12-16-13(2)19-17-9-6-7-10-23(16)17/h6-7,9-11H,5,8,12H2,1-4H3. The van der Waals surface area contributed by atoms with Crippen molar-refractivity contribution >= 4 is 11.6 Å². The maximum atomic E-state index is 12.8. The van der Waals surface area contributed by atoms with Gasteiger partial charge in [-0.05, 0) is 31.5 Å². The van der Waals surface area contributed by atoms with E-state index in [-0.39, 0.29) is 5.91 Å². The molecular weight excluding hydrogens is 302 g/mol. The smallest absolute Gasteiger partial charge is 0.272 e. The van der Waals surface area contributed by atoms with Crippen molar-refractivity contribution in [1.82, 2.24) is 24.1 Å². The monoisotopic (exact) mass is 325 g/mol. The SMILES string of the molecule is CCCc1cc(C(=O)N(C)Cc2c(C)nc3ccccn23)n(C)n1.